The van der Waals surface area contributed by atoms with Crippen LogP contribution in [0.5, 0.6) is 0 Å². The highest BCUT2D eigenvalue weighted by molar-refractivity contribution is 4.85. The summed E-state index contributed by atoms with van der Waals surface area (Å²) >= 11 is 0. The van der Waals surface area contributed by atoms with Crippen LogP contribution in [0.1, 0.15) is 13.8 Å². The van der Waals surface area contributed by atoms with Crippen LogP contribution in [0.25, 0.3) is 0 Å². The molecule has 8 heavy (non-hydrogen) atoms. The van der Waals surface area contributed by atoms with E-state index in [1.807, 2.05) is 26.0 Å². The van der Waals surface area contributed by atoms with E-state index in [0.29, 0.717) is 0 Å². The molecule has 0 aromatic heterocycles. The van der Waals surface area contributed by atoms with Crippen LogP contribution in [0.3, 0.4) is 0 Å². The van der Waals surface area contributed by atoms with Gasteiger partial charge in [0.05, 0.1) is 0 Å². The van der Waals surface area contributed by atoms with Crippen molar-refractivity contribution in [2.75, 3.05) is 6.61 Å². The topological polar surface area (TPSA) is 20.2 Å². The molecule has 0 heterocycles. The van der Waals surface area contributed by atoms with Crippen LogP contribution in [0.2, 0.25) is 0 Å². The third kappa shape index (κ3) is 3.66. The number of hydrogen-bond donors (Lipinski definition) is 1. The summed E-state index contributed by atoms with van der Waals surface area (Å²) in [6.45, 7) is 4.05. The van der Waals surface area contributed by atoms with E-state index in [0.717, 1.165) is 0 Å². The summed E-state index contributed by atoms with van der Waals surface area (Å²) < 4.78 is 0. The lowest BCUT2D eigenvalue weighted by Gasteiger charge is -1.93. The van der Waals surface area contributed by atoms with Gasteiger partial charge in [-0.25, -0.2) is 0 Å². The maximum absolute atomic E-state index is 8.48. The summed E-state index contributed by atoms with van der Waals surface area (Å²) in [6, 6.07) is 0. The van der Waals surface area contributed by atoms with Gasteiger partial charge in [-0.05, 0) is 19.1 Å². The first kappa shape index (κ1) is 7.48. The highest BCUT2D eigenvalue weighted by Crippen LogP contribution is 1.91. The van der Waals surface area contributed by atoms with Crippen molar-refractivity contribution in [3.63, 3.8) is 0 Å². The second kappa shape index (κ2) is 4.63. The Morgan fingerprint density at radius 3 is 2.75 bits per heavy atom. The van der Waals surface area contributed by atoms with Gasteiger partial charge in [0.15, 0.2) is 0 Å². The average Bonchev–Trinajstić information content (AvgIpc) is 1.83. The van der Waals surface area contributed by atoms with Crippen molar-refractivity contribution in [3.05, 3.63) is 17.9 Å². The van der Waals surface area contributed by atoms with Crippen LogP contribution in [0.15, 0.2) is 17.9 Å². The Kier molecular flexibility index (Phi) is 4.33. The van der Waals surface area contributed by atoms with Crippen molar-refractivity contribution in [2.24, 2.45) is 5.92 Å². The molecular formula is C7H12O. The van der Waals surface area contributed by atoms with E-state index in [1.165, 1.54) is 0 Å². The fourth-order valence-electron chi connectivity index (χ4n) is 0.313. The van der Waals surface area contributed by atoms with Crippen LogP contribution in [-0.4, -0.2) is 11.7 Å². The van der Waals surface area contributed by atoms with Crippen LogP contribution >= 0.6 is 0 Å². The summed E-state index contributed by atoms with van der Waals surface area (Å²) in [6.07, 6.45) is 3.67. The smallest absolute Gasteiger partial charge is 0.0497 e. The Hall–Kier alpha value is -0.520. The molecule has 0 spiro atoms. The van der Waals surface area contributed by atoms with E-state index in [2.05, 4.69) is 5.73 Å². The standard InChI is InChI=1S/C7H12O/c1-3-4-5-7(2)6-8/h3,5,7-8H,6H2,1-2H3. The highest BCUT2D eigenvalue weighted by Gasteiger charge is 1.87. The van der Waals surface area contributed by atoms with E-state index in [4.69, 9.17) is 5.11 Å². The minimum Gasteiger partial charge on any atom is -0.396 e. The van der Waals surface area contributed by atoms with E-state index in [-0.39, 0.29) is 12.5 Å². The Morgan fingerprint density at radius 1 is 1.75 bits per heavy atom. The molecule has 0 aliphatic carbocycles. The first-order valence-corrected chi connectivity index (χ1v) is 2.79. The molecule has 0 saturated heterocycles. The SMILES string of the molecule is CC=C=CC(C)CO. The Balaban J connectivity index is 3.52. The number of rotatable bonds is 2. The van der Waals surface area contributed by atoms with E-state index in [9.17, 15) is 0 Å². The predicted octanol–water partition coefficient (Wildman–Crippen LogP) is 1.35. The lowest BCUT2D eigenvalue weighted by Crippen LogP contribution is -1.93. The number of aliphatic hydroxyl groups is 1. The molecule has 0 aromatic rings. The molecule has 1 atom stereocenters. The van der Waals surface area contributed by atoms with Crippen LogP contribution in [0.4, 0.5) is 0 Å². The monoisotopic (exact) mass is 112 g/mol. The molecule has 1 unspecified atom stereocenters. The molecule has 0 aromatic carbocycles. The zero-order valence-corrected chi connectivity index (χ0v) is 5.39. The van der Waals surface area contributed by atoms with Gasteiger partial charge in [-0.15, -0.1) is 5.73 Å². The van der Waals surface area contributed by atoms with Crippen LogP contribution in [0, 0.1) is 5.92 Å². The van der Waals surface area contributed by atoms with Gasteiger partial charge in [-0.3, -0.25) is 0 Å². The molecule has 1 nitrogen and oxygen atoms in total. The molecule has 0 rings (SSSR count). The molecule has 0 saturated carbocycles. The number of hydrogen-bond acceptors (Lipinski definition) is 1. The Bertz CT molecular complexity index is 99.0. The van der Waals surface area contributed by atoms with Crippen LogP contribution < -0.4 is 0 Å². The van der Waals surface area contributed by atoms with Gasteiger partial charge in [-0.1, -0.05) is 6.92 Å². The normalized spacial score (nSPS) is 11.9. The maximum atomic E-state index is 8.48. The van der Waals surface area contributed by atoms with E-state index in [1.54, 1.807) is 0 Å². The van der Waals surface area contributed by atoms with Gasteiger partial charge < -0.3 is 5.11 Å². The Morgan fingerprint density at radius 2 is 2.38 bits per heavy atom. The highest BCUT2D eigenvalue weighted by atomic mass is 16.3. The zero-order valence-electron chi connectivity index (χ0n) is 5.39. The summed E-state index contributed by atoms with van der Waals surface area (Å²) in [5, 5.41) is 8.48. The van der Waals surface area contributed by atoms with Gasteiger partial charge in [0.25, 0.3) is 0 Å². The molecular weight excluding hydrogens is 100 g/mol. The first-order valence-electron chi connectivity index (χ1n) is 2.79. The molecule has 1 heteroatoms. The third-order valence-electron chi connectivity index (χ3n) is 0.835. The van der Waals surface area contributed by atoms with Gasteiger partial charge in [0, 0.05) is 12.5 Å². The van der Waals surface area contributed by atoms with Crippen molar-refractivity contribution in [3.8, 4) is 0 Å². The van der Waals surface area contributed by atoms with Crippen molar-refractivity contribution in [1.29, 1.82) is 0 Å². The van der Waals surface area contributed by atoms with E-state index >= 15 is 0 Å². The first-order chi connectivity index (χ1) is 3.81. The van der Waals surface area contributed by atoms with Gasteiger partial charge in [-0.2, -0.15) is 0 Å². The van der Waals surface area contributed by atoms with Crippen molar-refractivity contribution < 1.29 is 5.11 Å². The summed E-state index contributed by atoms with van der Waals surface area (Å²) in [5.41, 5.74) is 2.89. The molecule has 0 aliphatic rings. The van der Waals surface area contributed by atoms with Gasteiger partial charge in [0.1, 0.15) is 0 Å². The second-order valence-corrected chi connectivity index (χ2v) is 1.78. The lowest BCUT2D eigenvalue weighted by molar-refractivity contribution is 0.262. The van der Waals surface area contributed by atoms with Crippen molar-refractivity contribution in [2.45, 2.75) is 13.8 Å². The molecule has 0 fully saturated rings. The molecule has 1 N–H and O–H groups in total. The molecule has 46 valence electrons. The van der Waals surface area contributed by atoms with E-state index < -0.39 is 0 Å². The Labute approximate surface area is 50.3 Å². The van der Waals surface area contributed by atoms with Gasteiger partial charge >= 0.3 is 0 Å². The fourth-order valence-corrected chi connectivity index (χ4v) is 0.313. The lowest BCUT2D eigenvalue weighted by atomic mass is 10.2. The number of aliphatic hydroxyl groups excluding tert-OH is 1. The fraction of sp³-hybridized carbons (Fsp3) is 0.571. The molecule has 0 amide bonds. The summed E-state index contributed by atoms with van der Waals surface area (Å²) in [5.74, 6) is 0.242. The predicted molar refractivity (Wildman–Crippen MR) is 34.6 cm³/mol. The quantitative estimate of drug-likeness (QED) is 0.534. The largest absolute Gasteiger partial charge is 0.396 e. The van der Waals surface area contributed by atoms with Crippen molar-refractivity contribution in [1.82, 2.24) is 0 Å². The summed E-state index contributed by atoms with van der Waals surface area (Å²) in [7, 11) is 0. The van der Waals surface area contributed by atoms with Crippen molar-refractivity contribution >= 4 is 0 Å². The third-order valence-corrected chi connectivity index (χ3v) is 0.835. The minimum absolute atomic E-state index is 0.209. The molecule has 0 aliphatic heterocycles. The average molecular weight is 112 g/mol. The van der Waals surface area contributed by atoms with Gasteiger partial charge in [0.2, 0.25) is 0 Å². The van der Waals surface area contributed by atoms with Crippen LogP contribution in [-0.2, 0) is 0 Å². The molecule has 0 radical (unpaired) electrons. The second-order valence-electron chi connectivity index (χ2n) is 1.78. The maximum Gasteiger partial charge on any atom is 0.0497 e. The zero-order chi connectivity index (χ0) is 6.41. The molecule has 0 bridgehead atoms. The minimum atomic E-state index is 0.209. The summed E-state index contributed by atoms with van der Waals surface area (Å²) in [4.78, 5) is 0.